The first-order valence-corrected chi connectivity index (χ1v) is 10.4. The molecule has 3 rings (SSSR count). The fraction of sp³-hybridized carbons (Fsp3) is 0.278. The van der Waals surface area contributed by atoms with Gasteiger partial charge in [-0.2, -0.15) is 4.98 Å². The molecule has 2 aromatic heterocycles. The van der Waals surface area contributed by atoms with E-state index >= 15 is 0 Å². The van der Waals surface area contributed by atoms with Crippen LogP contribution in [-0.2, 0) is 20.2 Å². The zero-order valence-corrected chi connectivity index (χ0v) is 16.6. The smallest absolute Gasteiger partial charge is 0.385 e. The molecule has 0 bridgehead atoms. The van der Waals surface area contributed by atoms with Crippen LogP contribution in [0.1, 0.15) is 19.6 Å². The second kappa shape index (κ2) is 8.76. The molecular formula is C18H20ClN2O5P. The molecule has 0 amide bonds. The Balaban J connectivity index is 1.99. The molecule has 0 spiro atoms. The molecule has 7 nitrogen and oxygen atoms in total. The van der Waals surface area contributed by atoms with Crippen molar-refractivity contribution in [1.29, 1.82) is 0 Å². The normalized spacial score (nSPS) is 11.7. The first kappa shape index (κ1) is 19.7. The van der Waals surface area contributed by atoms with Gasteiger partial charge in [-0.1, -0.05) is 11.6 Å². The van der Waals surface area contributed by atoms with Crippen LogP contribution in [0.15, 0.2) is 51.5 Å². The van der Waals surface area contributed by atoms with Gasteiger partial charge in [0.25, 0.3) is 0 Å². The molecule has 0 fully saturated rings. The lowest BCUT2D eigenvalue weighted by Crippen LogP contribution is -2.16. The highest BCUT2D eigenvalue weighted by Crippen LogP contribution is 2.49. The van der Waals surface area contributed by atoms with E-state index < -0.39 is 7.60 Å². The van der Waals surface area contributed by atoms with Crippen molar-refractivity contribution < 1.29 is 22.4 Å². The summed E-state index contributed by atoms with van der Waals surface area (Å²) in [5.41, 5.74) is 0.786. The number of rotatable bonds is 9. The highest BCUT2D eigenvalue weighted by Gasteiger charge is 2.35. The number of nitrogens with one attached hydrogen (secondary N) is 1. The lowest BCUT2D eigenvalue weighted by Gasteiger charge is -2.15. The van der Waals surface area contributed by atoms with Crippen molar-refractivity contribution in [2.75, 3.05) is 18.5 Å². The molecule has 1 N–H and O–H groups in total. The van der Waals surface area contributed by atoms with Gasteiger partial charge in [0, 0.05) is 10.6 Å². The van der Waals surface area contributed by atoms with E-state index in [4.69, 9.17) is 29.5 Å². The highest BCUT2D eigenvalue weighted by molar-refractivity contribution is 7.62. The molecule has 0 saturated heterocycles. The van der Waals surface area contributed by atoms with Crippen molar-refractivity contribution in [1.82, 2.24) is 4.98 Å². The third-order valence-electron chi connectivity index (χ3n) is 3.56. The van der Waals surface area contributed by atoms with E-state index in [2.05, 4.69) is 10.3 Å². The van der Waals surface area contributed by atoms with Gasteiger partial charge in [0.05, 0.1) is 26.0 Å². The minimum atomic E-state index is -3.65. The molecule has 3 aromatic rings. The minimum Gasteiger partial charge on any atom is -0.467 e. The molecule has 0 radical (unpaired) electrons. The third-order valence-corrected chi connectivity index (χ3v) is 5.83. The Hall–Kier alpha value is -2.05. The molecule has 0 atom stereocenters. The Morgan fingerprint density at radius 2 is 1.85 bits per heavy atom. The van der Waals surface area contributed by atoms with Gasteiger partial charge in [-0.05, 0) is 50.2 Å². The van der Waals surface area contributed by atoms with Crippen LogP contribution < -0.4 is 10.8 Å². The third kappa shape index (κ3) is 4.62. The van der Waals surface area contributed by atoms with E-state index in [1.54, 1.807) is 50.4 Å². The van der Waals surface area contributed by atoms with Crippen LogP contribution in [0.3, 0.4) is 0 Å². The average Bonchev–Trinajstić information content (AvgIpc) is 3.31. The van der Waals surface area contributed by atoms with Gasteiger partial charge in [0.15, 0.2) is 0 Å². The Bertz CT molecular complexity index is 898. The van der Waals surface area contributed by atoms with Crippen molar-refractivity contribution >= 4 is 30.5 Å². The largest absolute Gasteiger partial charge is 0.467 e. The summed E-state index contributed by atoms with van der Waals surface area (Å²) in [6.45, 7) is 4.22. The molecular weight excluding hydrogens is 391 g/mol. The Labute approximate surface area is 162 Å². The Kier molecular flexibility index (Phi) is 6.39. The predicted octanol–water partition coefficient (Wildman–Crippen LogP) is 5.09. The number of halogens is 1. The Morgan fingerprint density at radius 3 is 2.44 bits per heavy atom. The molecule has 0 aliphatic carbocycles. The lowest BCUT2D eigenvalue weighted by atomic mass is 10.2. The van der Waals surface area contributed by atoms with Gasteiger partial charge in [-0.3, -0.25) is 4.57 Å². The van der Waals surface area contributed by atoms with Gasteiger partial charge >= 0.3 is 7.60 Å². The number of furan rings is 1. The van der Waals surface area contributed by atoms with Gasteiger partial charge in [0.1, 0.15) is 5.76 Å². The lowest BCUT2D eigenvalue weighted by molar-refractivity contribution is 0.229. The monoisotopic (exact) mass is 410 g/mol. The summed E-state index contributed by atoms with van der Waals surface area (Å²) >= 11 is 5.94. The highest BCUT2D eigenvalue weighted by atomic mass is 35.5. The molecule has 1 aromatic carbocycles. The maximum absolute atomic E-state index is 13.2. The molecule has 0 saturated carbocycles. The van der Waals surface area contributed by atoms with Crippen LogP contribution in [-0.4, -0.2) is 18.2 Å². The van der Waals surface area contributed by atoms with Crippen molar-refractivity contribution in [3.63, 3.8) is 0 Å². The summed E-state index contributed by atoms with van der Waals surface area (Å²) in [7, 11) is -3.65. The fourth-order valence-corrected chi connectivity index (χ4v) is 4.12. The van der Waals surface area contributed by atoms with Gasteiger partial charge in [-0.15, -0.1) is 0 Å². The number of benzene rings is 1. The van der Waals surface area contributed by atoms with Crippen LogP contribution in [0, 0.1) is 0 Å². The average molecular weight is 411 g/mol. The van der Waals surface area contributed by atoms with Crippen molar-refractivity contribution in [2.24, 2.45) is 0 Å². The second-order valence-electron chi connectivity index (χ2n) is 5.44. The van der Waals surface area contributed by atoms with E-state index in [0.29, 0.717) is 22.9 Å². The SMILES string of the molecule is CCOP(=O)(OCC)c1nc(-c2ccc(Cl)cc2)oc1NCc1ccco1. The maximum Gasteiger partial charge on any atom is 0.385 e. The predicted molar refractivity (Wildman–Crippen MR) is 103 cm³/mol. The standard InChI is InChI=1S/C18H20ClN2O5P/c1-3-24-27(22,25-4-2)18-17(20-12-15-6-5-11-23-15)26-16(21-18)13-7-9-14(19)10-8-13/h5-11,20H,3-4,12H2,1-2H3. The number of aromatic nitrogens is 1. The molecule has 0 unspecified atom stereocenters. The van der Waals surface area contributed by atoms with E-state index in [9.17, 15) is 4.57 Å². The zero-order chi connectivity index (χ0) is 19.3. The first-order chi connectivity index (χ1) is 13.1. The van der Waals surface area contributed by atoms with Gasteiger partial charge < -0.3 is 23.2 Å². The second-order valence-corrected chi connectivity index (χ2v) is 7.82. The van der Waals surface area contributed by atoms with E-state index in [0.717, 1.165) is 0 Å². The van der Waals surface area contributed by atoms with Gasteiger partial charge in [0.2, 0.25) is 17.2 Å². The first-order valence-electron chi connectivity index (χ1n) is 8.48. The number of hydrogen-bond donors (Lipinski definition) is 1. The topological polar surface area (TPSA) is 86.7 Å². The number of nitrogens with zero attached hydrogens (tertiary/aromatic N) is 1. The van der Waals surface area contributed by atoms with E-state index in [-0.39, 0.29) is 30.4 Å². The maximum atomic E-state index is 13.2. The molecule has 27 heavy (non-hydrogen) atoms. The van der Waals surface area contributed by atoms with Crippen LogP contribution in [0.5, 0.6) is 0 Å². The van der Waals surface area contributed by atoms with Gasteiger partial charge in [-0.25, -0.2) is 0 Å². The number of anilines is 1. The fourth-order valence-electron chi connectivity index (χ4n) is 2.41. The van der Waals surface area contributed by atoms with E-state index in [1.807, 2.05) is 6.07 Å². The zero-order valence-electron chi connectivity index (χ0n) is 15.0. The summed E-state index contributed by atoms with van der Waals surface area (Å²) in [4.78, 5) is 4.40. The van der Waals surface area contributed by atoms with Crippen LogP contribution in [0.2, 0.25) is 5.02 Å². The number of oxazole rings is 1. The molecule has 144 valence electrons. The van der Waals surface area contributed by atoms with Crippen molar-refractivity contribution in [3.05, 3.63) is 53.4 Å². The van der Waals surface area contributed by atoms with Crippen molar-refractivity contribution in [2.45, 2.75) is 20.4 Å². The molecule has 2 heterocycles. The quantitative estimate of drug-likeness (QED) is 0.491. The Morgan fingerprint density at radius 1 is 1.15 bits per heavy atom. The minimum absolute atomic E-state index is 0.0997. The summed E-state index contributed by atoms with van der Waals surface area (Å²) in [5, 5.41) is 3.65. The summed E-state index contributed by atoms with van der Waals surface area (Å²) in [5.74, 6) is 1.18. The van der Waals surface area contributed by atoms with Crippen LogP contribution >= 0.6 is 19.2 Å². The molecule has 0 aliphatic rings. The summed E-state index contributed by atoms with van der Waals surface area (Å²) < 4.78 is 35.2. The number of hydrogen-bond acceptors (Lipinski definition) is 7. The van der Waals surface area contributed by atoms with Crippen molar-refractivity contribution in [3.8, 4) is 11.5 Å². The van der Waals surface area contributed by atoms with Crippen LogP contribution in [0.25, 0.3) is 11.5 Å². The van der Waals surface area contributed by atoms with E-state index in [1.165, 1.54) is 0 Å². The molecule has 9 heteroatoms. The summed E-state index contributed by atoms with van der Waals surface area (Å²) in [6.07, 6.45) is 1.57. The molecule has 0 aliphatic heterocycles. The van der Waals surface area contributed by atoms with Crippen LogP contribution in [0.4, 0.5) is 5.88 Å². The summed E-state index contributed by atoms with van der Waals surface area (Å²) in [6, 6.07) is 10.6.